The molecule has 0 saturated carbocycles. The predicted molar refractivity (Wildman–Crippen MR) is 50.2 cm³/mol. The van der Waals surface area contributed by atoms with E-state index in [0.29, 0.717) is 16.9 Å². The van der Waals surface area contributed by atoms with E-state index >= 15 is 0 Å². The van der Waals surface area contributed by atoms with E-state index in [2.05, 4.69) is 3.97 Å². The maximum atomic E-state index is 10.3. The highest BCUT2D eigenvalue weighted by Crippen LogP contribution is 2.43. The van der Waals surface area contributed by atoms with E-state index in [-0.39, 0.29) is 0 Å². The molecule has 0 heterocycles. The van der Waals surface area contributed by atoms with Crippen LogP contribution in [0.1, 0.15) is 5.56 Å². The Balaban J connectivity index is 2.56. The van der Waals surface area contributed by atoms with Gasteiger partial charge in [-0.3, -0.25) is 0 Å². The van der Waals surface area contributed by atoms with Gasteiger partial charge in [-0.15, -0.1) is 0 Å². The largest absolute Gasteiger partial charge is 0.481 e. The lowest BCUT2D eigenvalue weighted by Gasteiger charge is -2.02. The van der Waals surface area contributed by atoms with Crippen molar-refractivity contribution in [3.05, 3.63) is 29.8 Å². The van der Waals surface area contributed by atoms with Crippen LogP contribution in [0.3, 0.4) is 0 Å². The molecule has 0 spiro atoms. The summed E-state index contributed by atoms with van der Waals surface area (Å²) in [6.07, 6.45) is 0. The number of benzene rings is 1. The maximum Gasteiger partial charge on any atom is 0.481 e. The molecule has 0 radical (unpaired) electrons. The van der Waals surface area contributed by atoms with Crippen molar-refractivity contribution in [2.75, 3.05) is 0 Å². The van der Waals surface area contributed by atoms with Crippen LogP contribution in [0, 0.1) is 6.92 Å². The van der Waals surface area contributed by atoms with E-state index in [9.17, 15) is 4.57 Å². The first-order valence-corrected chi connectivity index (χ1v) is 5.73. The van der Waals surface area contributed by atoms with Crippen molar-refractivity contribution in [1.82, 2.24) is 0 Å². The zero-order valence-corrected chi connectivity index (χ0v) is 8.59. The van der Waals surface area contributed by atoms with E-state index in [1.807, 2.05) is 19.1 Å². The first kappa shape index (κ1) is 10.8. The van der Waals surface area contributed by atoms with Gasteiger partial charge in [-0.2, -0.15) is 0 Å². The Hall–Kier alpha value is -0.320. The van der Waals surface area contributed by atoms with Gasteiger partial charge >= 0.3 is 7.82 Å². The zero-order valence-electron chi connectivity index (χ0n) is 6.88. The van der Waals surface area contributed by atoms with Gasteiger partial charge in [0.05, 0.1) is 0 Å². The van der Waals surface area contributed by atoms with Gasteiger partial charge in [0.2, 0.25) is 0 Å². The highest BCUT2D eigenvalue weighted by Gasteiger charge is 2.14. The molecular weight excluding hydrogens is 211 g/mol. The molecular formula is C7H9O4PS. The Kier molecular flexibility index (Phi) is 3.53. The molecule has 4 nitrogen and oxygen atoms in total. The summed E-state index contributed by atoms with van der Waals surface area (Å²) >= 11 is 0.673. The van der Waals surface area contributed by atoms with E-state index in [4.69, 9.17) is 9.79 Å². The van der Waals surface area contributed by atoms with Crippen molar-refractivity contribution in [3.63, 3.8) is 0 Å². The first-order chi connectivity index (χ1) is 5.97. The second kappa shape index (κ2) is 4.26. The maximum absolute atomic E-state index is 10.3. The van der Waals surface area contributed by atoms with Gasteiger partial charge in [-0.1, -0.05) is 17.7 Å². The molecule has 1 aromatic rings. The molecule has 2 N–H and O–H groups in total. The molecule has 13 heavy (non-hydrogen) atoms. The topological polar surface area (TPSA) is 66.8 Å². The summed E-state index contributed by atoms with van der Waals surface area (Å²) in [5.74, 6) is 0. The molecule has 0 saturated heterocycles. The van der Waals surface area contributed by atoms with Crippen LogP contribution in [0.4, 0.5) is 0 Å². The molecule has 72 valence electrons. The van der Waals surface area contributed by atoms with Crippen LogP contribution in [-0.2, 0) is 8.54 Å². The molecule has 1 rings (SSSR count). The van der Waals surface area contributed by atoms with Gasteiger partial charge in [0, 0.05) is 16.9 Å². The van der Waals surface area contributed by atoms with Crippen LogP contribution < -0.4 is 0 Å². The van der Waals surface area contributed by atoms with Crippen LogP contribution in [0.2, 0.25) is 0 Å². The van der Waals surface area contributed by atoms with Crippen molar-refractivity contribution in [2.24, 2.45) is 0 Å². The summed E-state index contributed by atoms with van der Waals surface area (Å²) in [5, 5.41) is 0. The fraction of sp³-hybridized carbons (Fsp3) is 0.143. The Bertz CT molecular complexity index is 318. The SMILES string of the molecule is Cc1ccc(SOP(=O)(O)O)cc1. The van der Waals surface area contributed by atoms with E-state index in [1.165, 1.54) is 0 Å². The lowest BCUT2D eigenvalue weighted by molar-refractivity contribution is 0.298. The average molecular weight is 220 g/mol. The highest BCUT2D eigenvalue weighted by atomic mass is 32.2. The predicted octanol–water partition coefficient (Wildman–Crippen LogP) is 2.11. The summed E-state index contributed by atoms with van der Waals surface area (Å²) in [6, 6.07) is 7.14. The van der Waals surface area contributed by atoms with Crippen LogP contribution in [0.25, 0.3) is 0 Å². The smallest absolute Gasteiger partial charge is 0.302 e. The molecule has 0 aliphatic heterocycles. The third kappa shape index (κ3) is 4.45. The minimum Gasteiger partial charge on any atom is -0.302 e. The quantitative estimate of drug-likeness (QED) is 0.603. The van der Waals surface area contributed by atoms with Gasteiger partial charge < -0.3 is 9.79 Å². The lowest BCUT2D eigenvalue weighted by Crippen LogP contribution is -1.79. The molecule has 6 heteroatoms. The van der Waals surface area contributed by atoms with Gasteiger partial charge in [0.15, 0.2) is 0 Å². The minimum absolute atomic E-state index is 0.661. The Labute approximate surface area is 80.4 Å². The molecule has 0 aliphatic carbocycles. The molecule has 0 aromatic heterocycles. The van der Waals surface area contributed by atoms with Gasteiger partial charge in [-0.05, 0) is 19.1 Å². The van der Waals surface area contributed by atoms with Crippen molar-refractivity contribution in [3.8, 4) is 0 Å². The molecule has 0 bridgehead atoms. The van der Waals surface area contributed by atoms with Crippen LogP contribution >= 0.6 is 19.9 Å². The highest BCUT2D eigenvalue weighted by molar-refractivity contribution is 7.97. The summed E-state index contributed by atoms with van der Waals surface area (Å²) in [7, 11) is -4.38. The number of rotatable bonds is 3. The minimum atomic E-state index is -4.38. The summed E-state index contributed by atoms with van der Waals surface area (Å²) < 4.78 is 14.6. The lowest BCUT2D eigenvalue weighted by atomic mass is 10.2. The van der Waals surface area contributed by atoms with E-state index in [0.717, 1.165) is 5.56 Å². The molecule has 0 amide bonds. The normalized spacial score (nSPS) is 11.6. The monoisotopic (exact) mass is 220 g/mol. The fourth-order valence-electron chi connectivity index (χ4n) is 0.685. The van der Waals surface area contributed by atoms with E-state index in [1.54, 1.807) is 12.1 Å². The molecule has 0 atom stereocenters. The second-order valence-corrected chi connectivity index (χ2v) is 4.68. The number of aryl methyl sites for hydroxylation is 1. The third-order valence-corrected chi connectivity index (χ3v) is 2.79. The summed E-state index contributed by atoms with van der Waals surface area (Å²) in [4.78, 5) is 17.5. The Morgan fingerprint density at radius 3 is 2.31 bits per heavy atom. The van der Waals surface area contributed by atoms with Gasteiger partial charge in [0.25, 0.3) is 0 Å². The summed E-state index contributed by atoms with van der Waals surface area (Å²) in [6.45, 7) is 1.93. The van der Waals surface area contributed by atoms with Crippen molar-refractivity contribution in [1.29, 1.82) is 0 Å². The van der Waals surface area contributed by atoms with Gasteiger partial charge in [0.1, 0.15) is 0 Å². The Morgan fingerprint density at radius 2 is 1.85 bits per heavy atom. The second-order valence-electron chi connectivity index (χ2n) is 2.46. The Morgan fingerprint density at radius 1 is 1.31 bits per heavy atom. The van der Waals surface area contributed by atoms with Crippen LogP contribution in [0.15, 0.2) is 29.2 Å². The number of phosphoric acid groups is 1. The zero-order chi connectivity index (χ0) is 9.90. The van der Waals surface area contributed by atoms with E-state index < -0.39 is 7.82 Å². The standard InChI is InChI=1S/C7H9O4PS/c1-6-2-4-7(5-3-6)13-11-12(8,9)10/h2-5H,1H3,(H2,8,9,10). The van der Waals surface area contributed by atoms with Crippen molar-refractivity contribution >= 4 is 19.9 Å². The van der Waals surface area contributed by atoms with Crippen LogP contribution in [0.5, 0.6) is 0 Å². The van der Waals surface area contributed by atoms with Gasteiger partial charge in [-0.25, -0.2) is 8.54 Å². The molecule has 1 aromatic carbocycles. The average Bonchev–Trinajstić information content (AvgIpc) is 2.02. The molecule has 0 unspecified atom stereocenters. The molecule has 0 aliphatic rings. The van der Waals surface area contributed by atoms with Crippen molar-refractivity contribution < 1.29 is 18.3 Å². The third-order valence-electron chi connectivity index (χ3n) is 1.25. The first-order valence-electron chi connectivity index (χ1n) is 3.46. The molecule has 0 fully saturated rings. The van der Waals surface area contributed by atoms with Crippen molar-refractivity contribution in [2.45, 2.75) is 11.8 Å². The summed E-state index contributed by atoms with van der Waals surface area (Å²) in [5.41, 5.74) is 1.08. The fourth-order valence-corrected chi connectivity index (χ4v) is 1.67. The van der Waals surface area contributed by atoms with Crippen LogP contribution in [-0.4, -0.2) is 9.79 Å². The number of hydrogen-bond donors (Lipinski definition) is 2. The number of hydrogen-bond acceptors (Lipinski definition) is 3.